The standard InChI is InChI=1S/C30H47NO2/c1-21(2)31(22(3)4)15-8-6-7-11-25-17-26-20-30(33)28(29(26)19-25)14-13-27(32)18-24-12-9-10-23(5)16-24/h9-10,12-14,16-17,21-22,26-30,32-33H,6-8,11,15,18-20H2,1-5H3/b14-13+/t26-,27-,28+,29-,30+/m0/s1. The molecule has 0 bridgehead atoms. The minimum absolute atomic E-state index is 0.168. The number of nitrogens with zero attached hydrogens (tertiary/aromatic N) is 1. The van der Waals surface area contributed by atoms with Crippen molar-refractivity contribution in [1.82, 2.24) is 4.90 Å². The number of hydrogen-bond donors (Lipinski definition) is 2. The van der Waals surface area contributed by atoms with Gasteiger partial charge in [0.2, 0.25) is 0 Å². The monoisotopic (exact) mass is 453 g/mol. The number of fused-ring (bicyclic) bond motifs is 1. The van der Waals surface area contributed by atoms with E-state index >= 15 is 0 Å². The number of aliphatic hydroxyl groups excluding tert-OH is 2. The van der Waals surface area contributed by atoms with E-state index in [0.717, 1.165) is 18.4 Å². The molecule has 0 unspecified atom stereocenters. The van der Waals surface area contributed by atoms with Crippen LogP contribution in [0.2, 0.25) is 0 Å². The SMILES string of the molecule is Cc1cccc(C[C@@H](O)/C=C/[C@@H]2[C@H]3CC(CCCCCN(C(C)C)C(C)C)=C[C@H]3C[C@H]2O)c1. The summed E-state index contributed by atoms with van der Waals surface area (Å²) in [6.07, 6.45) is 13.4. The third-order valence-electron chi connectivity index (χ3n) is 7.77. The normalized spacial score (nSPS) is 26.1. The molecule has 5 atom stereocenters. The predicted octanol–water partition coefficient (Wildman–Crippen LogP) is 6.08. The number of benzene rings is 1. The summed E-state index contributed by atoms with van der Waals surface area (Å²) in [6.45, 7) is 12.5. The smallest absolute Gasteiger partial charge is 0.0761 e. The highest BCUT2D eigenvalue weighted by Gasteiger charge is 2.43. The second kappa shape index (κ2) is 12.3. The molecular weight excluding hydrogens is 406 g/mol. The van der Waals surface area contributed by atoms with Gasteiger partial charge in [-0.3, -0.25) is 4.90 Å². The van der Waals surface area contributed by atoms with Gasteiger partial charge in [0.05, 0.1) is 12.2 Å². The fourth-order valence-electron chi connectivity index (χ4n) is 6.13. The largest absolute Gasteiger partial charge is 0.392 e. The first-order valence-corrected chi connectivity index (χ1v) is 13.3. The van der Waals surface area contributed by atoms with Gasteiger partial charge in [0.25, 0.3) is 0 Å². The van der Waals surface area contributed by atoms with Crippen LogP contribution >= 0.6 is 0 Å². The molecule has 1 aromatic carbocycles. The van der Waals surface area contributed by atoms with E-state index in [1.165, 1.54) is 37.8 Å². The third-order valence-corrected chi connectivity index (χ3v) is 7.77. The van der Waals surface area contributed by atoms with Crippen LogP contribution in [-0.2, 0) is 6.42 Å². The molecule has 2 aliphatic rings. The van der Waals surface area contributed by atoms with E-state index in [0.29, 0.717) is 30.3 Å². The molecule has 33 heavy (non-hydrogen) atoms. The van der Waals surface area contributed by atoms with E-state index in [-0.39, 0.29) is 12.0 Å². The number of aryl methyl sites for hydroxylation is 1. The molecule has 1 fully saturated rings. The molecule has 2 N–H and O–H groups in total. The van der Waals surface area contributed by atoms with Gasteiger partial charge in [0.1, 0.15) is 0 Å². The Morgan fingerprint density at radius 3 is 2.55 bits per heavy atom. The van der Waals surface area contributed by atoms with E-state index in [1.54, 1.807) is 5.57 Å². The Labute approximate surface area is 202 Å². The Kier molecular flexibility index (Phi) is 9.79. The maximum absolute atomic E-state index is 10.6. The first kappa shape index (κ1) is 26.2. The van der Waals surface area contributed by atoms with E-state index in [1.807, 2.05) is 12.1 Å². The van der Waals surface area contributed by atoms with Gasteiger partial charge < -0.3 is 10.2 Å². The van der Waals surface area contributed by atoms with Crippen molar-refractivity contribution in [3.05, 3.63) is 59.2 Å². The predicted molar refractivity (Wildman–Crippen MR) is 139 cm³/mol. The molecule has 0 heterocycles. The quantitative estimate of drug-likeness (QED) is 0.298. The van der Waals surface area contributed by atoms with E-state index < -0.39 is 6.10 Å². The molecule has 3 heteroatoms. The van der Waals surface area contributed by atoms with Gasteiger partial charge >= 0.3 is 0 Å². The van der Waals surface area contributed by atoms with Gasteiger partial charge in [-0.05, 0) is 90.7 Å². The lowest BCUT2D eigenvalue weighted by Gasteiger charge is -2.30. The van der Waals surface area contributed by atoms with E-state index in [4.69, 9.17) is 0 Å². The van der Waals surface area contributed by atoms with Crippen LogP contribution in [0.25, 0.3) is 0 Å². The zero-order valence-corrected chi connectivity index (χ0v) is 21.6. The fraction of sp³-hybridized carbons (Fsp3) is 0.667. The van der Waals surface area contributed by atoms with Crippen LogP contribution in [0.5, 0.6) is 0 Å². The van der Waals surface area contributed by atoms with Gasteiger partial charge in [0.15, 0.2) is 0 Å². The van der Waals surface area contributed by atoms with Crippen molar-refractivity contribution in [3.8, 4) is 0 Å². The highest BCUT2D eigenvalue weighted by Crippen LogP contribution is 2.48. The minimum Gasteiger partial charge on any atom is -0.392 e. The second-order valence-electron chi connectivity index (χ2n) is 11.1. The molecule has 2 aliphatic carbocycles. The van der Waals surface area contributed by atoms with Crippen molar-refractivity contribution in [2.24, 2.45) is 17.8 Å². The maximum Gasteiger partial charge on any atom is 0.0761 e. The van der Waals surface area contributed by atoms with Crippen molar-refractivity contribution in [2.45, 2.75) is 104 Å². The lowest BCUT2D eigenvalue weighted by molar-refractivity contribution is 0.140. The van der Waals surface area contributed by atoms with Crippen LogP contribution in [-0.4, -0.2) is 45.9 Å². The molecule has 1 saturated carbocycles. The van der Waals surface area contributed by atoms with Crippen molar-refractivity contribution in [1.29, 1.82) is 0 Å². The van der Waals surface area contributed by atoms with Crippen molar-refractivity contribution >= 4 is 0 Å². The van der Waals surface area contributed by atoms with Gasteiger partial charge in [-0.2, -0.15) is 0 Å². The first-order chi connectivity index (χ1) is 15.7. The Morgan fingerprint density at radius 1 is 1.09 bits per heavy atom. The molecule has 184 valence electrons. The summed E-state index contributed by atoms with van der Waals surface area (Å²) in [5.41, 5.74) is 3.98. The molecule has 3 rings (SSSR count). The van der Waals surface area contributed by atoms with Gasteiger partial charge in [0, 0.05) is 24.4 Å². The number of aliphatic hydroxyl groups is 2. The summed E-state index contributed by atoms with van der Waals surface area (Å²) in [4.78, 5) is 2.59. The van der Waals surface area contributed by atoms with Crippen molar-refractivity contribution < 1.29 is 10.2 Å². The zero-order chi connectivity index (χ0) is 24.0. The number of rotatable bonds is 12. The maximum atomic E-state index is 10.6. The summed E-state index contributed by atoms with van der Waals surface area (Å²) < 4.78 is 0. The lowest BCUT2D eigenvalue weighted by atomic mass is 9.88. The Hall–Kier alpha value is -1.42. The van der Waals surface area contributed by atoms with Crippen LogP contribution in [0.1, 0.15) is 77.3 Å². The summed E-state index contributed by atoms with van der Waals surface area (Å²) >= 11 is 0. The number of allylic oxidation sites excluding steroid dienone is 2. The van der Waals surface area contributed by atoms with E-state index in [2.05, 4.69) is 69.9 Å². The van der Waals surface area contributed by atoms with Crippen LogP contribution < -0.4 is 0 Å². The van der Waals surface area contributed by atoms with Gasteiger partial charge in [-0.1, -0.05) is 60.1 Å². The van der Waals surface area contributed by atoms with E-state index in [9.17, 15) is 10.2 Å². The second-order valence-corrected chi connectivity index (χ2v) is 11.1. The van der Waals surface area contributed by atoms with Gasteiger partial charge in [-0.15, -0.1) is 0 Å². The molecule has 0 radical (unpaired) electrons. The summed E-state index contributed by atoms with van der Waals surface area (Å²) in [7, 11) is 0. The van der Waals surface area contributed by atoms with Crippen LogP contribution in [0.3, 0.4) is 0 Å². The molecule has 0 amide bonds. The lowest BCUT2D eigenvalue weighted by Crippen LogP contribution is -2.37. The average Bonchev–Trinajstić information content (AvgIpc) is 3.24. The highest BCUT2D eigenvalue weighted by atomic mass is 16.3. The minimum atomic E-state index is -0.497. The molecule has 0 saturated heterocycles. The molecule has 3 nitrogen and oxygen atoms in total. The molecule has 0 spiro atoms. The summed E-state index contributed by atoms with van der Waals surface area (Å²) in [6, 6.07) is 9.57. The van der Waals surface area contributed by atoms with Crippen LogP contribution in [0.15, 0.2) is 48.1 Å². The Morgan fingerprint density at radius 2 is 1.85 bits per heavy atom. The molecular formula is C30H47NO2. The van der Waals surface area contributed by atoms with Crippen molar-refractivity contribution in [2.75, 3.05) is 6.54 Å². The number of unbranched alkanes of at least 4 members (excludes halogenated alkanes) is 2. The topological polar surface area (TPSA) is 43.7 Å². The molecule has 1 aromatic rings. The molecule has 0 aromatic heterocycles. The number of hydrogen-bond acceptors (Lipinski definition) is 3. The summed E-state index contributed by atoms with van der Waals surface area (Å²) in [5, 5.41) is 21.2. The zero-order valence-electron chi connectivity index (χ0n) is 21.6. The highest BCUT2D eigenvalue weighted by molar-refractivity contribution is 5.24. The van der Waals surface area contributed by atoms with Gasteiger partial charge in [-0.25, -0.2) is 0 Å². The van der Waals surface area contributed by atoms with Crippen molar-refractivity contribution in [3.63, 3.8) is 0 Å². The fourth-order valence-corrected chi connectivity index (χ4v) is 6.13. The Balaban J connectivity index is 1.43. The molecule has 0 aliphatic heterocycles. The summed E-state index contributed by atoms with van der Waals surface area (Å²) in [5.74, 6) is 1.19. The first-order valence-electron chi connectivity index (χ1n) is 13.3. The van der Waals surface area contributed by atoms with Crippen LogP contribution in [0, 0.1) is 24.7 Å². The third kappa shape index (κ3) is 7.53. The Bertz CT molecular complexity index is 788. The average molecular weight is 454 g/mol. The van der Waals surface area contributed by atoms with Crippen LogP contribution in [0.4, 0.5) is 0 Å².